The number of amides is 1. The second-order valence-electron chi connectivity index (χ2n) is 8.22. The second-order valence-corrected chi connectivity index (χ2v) is 8.61. The molecule has 164 valence electrons. The van der Waals surface area contributed by atoms with E-state index < -0.39 is 11.6 Å². The molecule has 1 fully saturated rings. The van der Waals surface area contributed by atoms with Gasteiger partial charge in [0.25, 0.3) is 0 Å². The molecule has 0 spiro atoms. The SMILES string of the molecule is CCOc1cccc2c1O[C@]1(C)[C@@H](C(=O)Nc3ccc(C)cc3C)[C@@H]2NC(=S)N1CC. The number of thiocarbonyl (C=S) groups is 1. The normalized spacial score (nSPS) is 24.0. The maximum atomic E-state index is 13.7. The van der Waals surface area contributed by atoms with Crippen LogP contribution in [0.25, 0.3) is 0 Å². The number of anilines is 1. The van der Waals surface area contributed by atoms with Gasteiger partial charge in [-0.05, 0) is 64.5 Å². The van der Waals surface area contributed by atoms with Crippen molar-refractivity contribution in [2.24, 2.45) is 5.92 Å². The van der Waals surface area contributed by atoms with E-state index in [1.165, 1.54) is 0 Å². The Morgan fingerprint density at radius 3 is 2.74 bits per heavy atom. The van der Waals surface area contributed by atoms with Crippen molar-refractivity contribution in [3.05, 3.63) is 53.1 Å². The van der Waals surface area contributed by atoms with Crippen molar-refractivity contribution in [2.45, 2.75) is 46.4 Å². The van der Waals surface area contributed by atoms with Gasteiger partial charge in [0.2, 0.25) is 5.91 Å². The summed E-state index contributed by atoms with van der Waals surface area (Å²) in [4.78, 5) is 15.6. The molecule has 0 unspecified atom stereocenters. The van der Waals surface area contributed by atoms with Crippen LogP contribution < -0.4 is 20.1 Å². The highest BCUT2D eigenvalue weighted by Gasteiger charge is 2.58. The first-order chi connectivity index (χ1) is 14.8. The zero-order chi connectivity index (χ0) is 22.3. The monoisotopic (exact) mass is 439 g/mol. The summed E-state index contributed by atoms with van der Waals surface area (Å²) in [7, 11) is 0. The molecule has 2 aromatic carbocycles. The highest BCUT2D eigenvalue weighted by atomic mass is 32.1. The van der Waals surface area contributed by atoms with Crippen LogP contribution in [0.5, 0.6) is 11.5 Å². The van der Waals surface area contributed by atoms with E-state index in [1.54, 1.807) is 0 Å². The minimum Gasteiger partial charge on any atom is -0.490 e. The Kier molecular flexibility index (Phi) is 5.56. The average molecular weight is 440 g/mol. The van der Waals surface area contributed by atoms with Crippen LogP contribution in [0.15, 0.2) is 36.4 Å². The molecule has 0 saturated carbocycles. The molecule has 0 aliphatic carbocycles. The summed E-state index contributed by atoms with van der Waals surface area (Å²) in [5.41, 5.74) is 2.90. The van der Waals surface area contributed by atoms with Crippen LogP contribution in [0, 0.1) is 19.8 Å². The molecular weight excluding hydrogens is 410 g/mol. The number of fused-ring (bicyclic) bond motifs is 4. The summed E-state index contributed by atoms with van der Waals surface area (Å²) in [6.07, 6.45) is 0. The Balaban J connectivity index is 1.79. The van der Waals surface area contributed by atoms with E-state index in [1.807, 2.05) is 69.9 Å². The topological polar surface area (TPSA) is 62.8 Å². The van der Waals surface area contributed by atoms with Crippen molar-refractivity contribution in [2.75, 3.05) is 18.5 Å². The molecule has 2 heterocycles. The van der Waals surface area contributed by atoms with Crippen molar-refractivity contribution >= 4 is 28.9 Å². The number of rotatable bonds is 5. The summed E-state index contributed by atoms with van der Waals surface area (Å²) in [6.45, 7) is 11.1. The van der Waals surface area contributed by atoms with E-state index in [4.69, 9.17) is 21.7 Å². The third-order valence-corrected chi connectivity index (χ3v) is 6.50. The average Bonchev–Trinajstić information content (AvgIpc) is 2.70. The summed E-state index contributed by atoms with van der Waals surface area (Å²) in [5, 5.41) is 7.11. The summed E-state index contributed by atoms with van der Waals surface area (Å²) < 4.78 is 12.4. The van der Waals surface area contributed by atoms with Gasteiger partial charge >= 0.3 is 0 Å². The van der Waals surface area contributed by atoms with Crippen molar-refractivity contribution < 1.29 is 14.3 Å². The van der Waals surface area contributed by atoms with Gasteiger partial charge in [-0.2, -0.15) is 0 Å². The molecule has 6 nitrogen and oxygen atoms in total. The summed E-state index contributed by atoms with van der Waals surface area (Å²) in [6, 6.07) is 11.5. The predicted molar refractivity (Wildman–Crippen MR) is 126 cm³/mol. The molecule has 2 aromatic rings. The number of aryl methyl sites for hydroxylation is 2. The lowest BCUT2D eigenvalue weighted by atomic mass is 9.78. The maximum absolute atomic E-state index is 13.7. The zero-order valence-electron chi connectivity index (χ0n) is 18.6. The van der Waals surface area contributed by atoms with E-state index in [2.05, 4.69) is 16.7 Å². The van der Waals surface area contributed by atoms with Gasteiger partial charge < -0.3 is 25.0 Å². The lowest BCUT2D eigenvalue weighted by Gasteiger charge is -2.56. The fourth-order valence-electron chi connectivity index (χ4n) is 4.73. The first kappa shape index (κ1) is 21.4. The molecule has 2 bridgehead atoms. The zero-order valence-corrected chi connectivity index (χ0v) is 19.4. The minimum absolute atomic E-state index is 0.111. The number of benzene rings is 2. The van der Waals surface area contributed by atoms with E-state index in [0.29, 0.717) is 29.8 Å². The summed E-state index contributed by atoms with van der Waals surface area (Å²) in [5.74, 6) is 0.709. The van der Waals surface area contributed by atoms with Crippen LogP contribution in [0.1, 0.15) is 43.5 Å². The van der Waals surface area contributed by atoms with E-state index >= 15 is 0 Å². The minimum atomic E-state index is -0.954. The Morgan fingerprint density at radius 1 is 1.29 bits per heavy atom. The van der Waals surface area contributed by atoms with E-state index in [-0.39, 0.29) is 11.9 Å². The van der Waals surface area contributed by atoms with Gasteiger partial charge in [0.1, 0.15) is 5.92 Å². The molecule has 7 heteroatoms. The first-order valence-corrected chi connectivity index (χ1v) is 11.1. The molecule has 2 aliphatic heterocycles. The van der Waals surface area contributed by atoms with Crippen LogP contribution in [0.4, 0.5) is 5.69 Å². The quantitative estimate of drug-likeness (QED) is 0.677. The van der Waals surface area contributed by atoms with Crippen LogP contribution in [-0.4, -0.2) is 34.8 Å². The number of carbonyl (C=O) groups excluding carboxylic acids is 1. The van der Waals surface area contributed by atoms with Gasteiger partial charge in [0.15, 0.2) is 22.3 Å². The number of hydrogen-bond acceptors (Lipinski definition) is 4. The molecular formula is C24H29N3O3S. The molecule has 1 amide bonds. The largest absolute Gasteiger partial charge is 0.490 e. The van der Waals surface area contributed by atoms with Crippen LogP contribution in [0.3, 0.4) is 0 Å². The lowest BCUT2D eigenvalue weighted by molar-refractivity contribution is -0.149. The molecule has 0 radical (unpaired) electrons. The van der Waals surface area contributed by atoms with Crippen molar-refractivity contribution in [1.29, 1.82) is 0 Å². The number of ether oxygens (including phenoxy) is 2. The van der Waals surface area contributed by atoms with Gasteiger partial charge in [0.05, 0.1) is 12.6 Å². The molecule has 2 N–H and O–H groups in total. The van der Waals surface area contributed by atoms with Crippen molar-refractivity contribution in [3.63, 3.8) is 0 Å². The highest BCUT2D eigenvalue weighted by Crippen LogP contribution is 2.51. The van der Waals surface area contributed by atoms with E-state index in [9.17, 15) is 4.79 Å². The first-order valence-electron chi connectivity index (χ1n) is 10.7. The van der Waals surface area contributed by atoms with Gasteiger partial charge in [-0.15, -0.1) is 0 Å². The number of nitrogens with one attached hydrogen (secondary N) is 2. The molecule has 3 atom stereocenters. The van der Waals surface area contributed by atoms with E-state index in [0.717, 1.165) is 22.4 Å². The highest BCUT2D eigenvalue weighted by molar-refractivity contribution is 7.80. The fraction of sp³-hybridized carbons (Fsp3) is 0.417. The fourth-order valence-corrected chi connectivity index (χ4v) is 5.17. The van der Waals surface area contributed by atoms with Crippen LogP contribution in [0.2, 0.25) is 0 Å². The van der Waals surface area contributed by atoms with Gasteiger partial charge in [-0.25, -0.2) is 0 Å². The number of hydrogen-bond donors (Lipinski definition) is 2. The van der Waals surface area contributed by atoms with Gasteiger partial charge in [-0.1, -0.05) is 29.8 Å². The predicted octanol–water partition coefficient (Wildman–Crippen LogP) is 4.32. The number of para-hydroxylation sites is 1. The van der Waals surface area contributed by atoms with Crippen molar-refractivity contribution in [1.82, 2.24) is 10.2 Å². The van der Waals surface area contributed by atoms with Gasteiger partial charge in [0, 0.05) is 17.8 Å². The Labute approximate surface area is 188 Å². The van der Waals surface area contributed by atoms with Crippen LogP contribution >= 0.6 is 12.2 Å². The summed E-state index contributed by atoms with van der Waals surface area (Å²) >= 11 is 5.64. The third kappa shape index (κ3) is 3.51. The molecule has 2 aliphatic rings. The Bertz CT molecular complexity index is 1040. The molecule has 4 rings (SSSR count). The third-order valence-electron chi connectivity index (χ3n) is 6.16. The maximum Gasteiger partial charge on any atom is 0.236 e. The lowest BCUT2D eigenvalue weighted by Crippen LogP contribution is -2.71. The molecule has 0 aromatic heterocycles. The molecule has 31 heavy (non-hydrogen) atoms. The molecule has 1 saturated heterocycles. The Morgan fingerprint density at radius 2 is 2.06 bits per heavy atom. The standard InChI is InChI=1S/C24H29N3O3S/c1-6-27-23(31)26-20-16-9-8-10-18(29-7-2)21(16)30-24(27,5)19(20)22(28)25-17-12-11-14(3)13-15(17)4/h8-13,19-20H,6-7H2,1-5H3,(H,25,28)(H,26,31)/t19-,20-,24-/m1/s1. The number of carbonyl (C=O) groups is 1. The van der Waals surface area contributed by atoms with Crippen molar-refractivity contribution in [3.8, 4) is 11.5 Å². The second kappa shape index (κ2) is 8.04. The van der Waals surface area contributed by atoms with Gasteiger partial charge in [-0.3, -0.25) is 4.79 Å². The number of nitrogens with zero attached hydrogens (tertiary/aromatic N) is 1. The van der Waals surface area contributed by atoms with Crippen LogP contribution in [-0.2, 0) is 4.79 Å². The smallest absolute Gasteiger partial charge is 0.236 e. The Hall–Kier alpha value is -2.80.